The van der Waals surface area contributed by atoms with Crippen molar-refractivity contribution in [3.63, 3.8) is 0 Å². The molecule has 0 spiro atoms. The number of rotatable bonds is 3. The summed E-state index contributed by atoms with van der Waals surface area (Å²) in [6.07, 6.45) is 2.76. The van der Waals surface area contributed by atoms with Gasteiger partial charge in [-0.15, -0.1) is 0 Å². The Morgan fingerprint density at radius 1 is 1.12 bits per heavy atom. The summed E-state index contributed by atoms with van der Waals surface area (Å²) in [6.45, 7) is 2.02. The summed E-state index contributed by atoms with van der Waals surface area (Å²) in [6, 6.07) is 9.19. The predicted octanol–water partition coefficient (Wildman–Crippen LogP) is 4.24. The second-order valence-electron chi connectivity index (χ2n) is 7.35. The summed E-state index contributed by atoms with van der Waals surface area (Å²) >= 11 is 0. The van der Waals surface area contributed by atoms with Gasteiger partial charge in [0.15, 0.2) is 11.6 Å². The van der Waals surface area contributed by atoms with Crippen molar-refractivity contribution in [3.05, 3.63) is 52.6 Å². The third-order valence-electron chi connectivity index (χ3n) is 5.66. The zero-order chi connectivity index (χ0) is 18.5. The Bertz CT molecular complexity index is 970. The Morgan fingerprint density at radius 2 is 1.85 bits per heavy atom. The van der Waals surface area contributed by atoms with E-state index in [2.05, 4.69) is 0 Å². The summed E-state index contributed by atoms with van der Waals surface area (Å²) in [5.41, 5.74) is 1.10. The van der Waals surface area contributed by atoms with Gasteiger partial charge in [0.1, 0.15) is 5.75 Å². The number of methoxy groups -OCH3 is 1. The number of aliphatic hydroxyl groups is 1. The van der Waals surface area contributed by atoms with Crippen LogP contribution in [0.4, 0.5) is 0 Å². The largest absolute Gasteiger partial charge is 0.496 e. The summed E-state index contributed by atoms with van der Waals surface area (Å²) in [4.78, 5) is 26.2. The van der Waals surface area contributed by atoms with Crippen molar-refractivity contribution in [2.45, 2.75) is 44.6 Å². The average Bonchev–Trinajstić information content (AvgIpc) is 2.64. The van der Waals surface area contributed by atoms with Gasteiger partial charge >= 0.3 is 0 Å². The number of ether oxygens (including phenoxy) is 1. The Labute approximate surface area is 152 Å². The zero-order valence-corrected chi connectivity index (χ0v) is 15.1. The van der Waals surface area contributed by atoms with Crippen LogP contribution in [0.5, 0.6) is 5.75 Å². The van der Waals surface area contributed by atoms with Gasteiger partial charge in [-0.05, 0) is 42.8 Å². The van der Waals surface area contributed by atoms with Crippen molar-refractivity contribution in [2.24, 2.45) is 0 Å². The molecule has 2 aromatic rings. The monoisotopic (exact) mass is 350 g/mol. The van der Waals surface area contributed by atoms with Crippen LogP contribution in [0.25, 0.3) is 10.8 Å². The maximum Gasteiger partial charge on any atom is 0.190 e. The van der Waals surface area contributed by atoms with Crippen LogP contribution in [0, 0.1) is 0 Å². The average molecular weight is 350 g/mol. The minimum Gasteiger partial charge on any atom is -0.496 e. The smallest absolute Gasteiger partial charge is 0.190 e. The first-order valence-corrected chi connectivity index (χ1v) is 9.12. The standard InChI is InChI=1S/C22H22O4/c1-3-8-22(25)9-7-14-18(12-22)21(24)16-10-13-5-4-6-19(26-2)15(13)11-17(16)20(14)23/h4-6,10-11,25H,3,7-9,12H2,1-2H3/t22-/m0/s1. The zero-order valence-electron chi connectivity index (χ0n) is 15.1. The van der Waals surface area contributed by atoms with Crippen molar-refractivity contribution in [1.29, 1.82) is 0 Å². The van der Waals surface area contributed by atoms with Gasteiger partial charge in [0.05, 0.1) is 12.7 Å². The maximum absolute atomic E-state index is 13.1. The van der Waals surface area contributed by atoms with Crippen molar-refractivity contribution >= 4 is 22.3 Å². The minimum absolute atomic E-state index is 0.0824. The lowest BCUT2D eigenvalue weighted by Gasteiger charge is -2.36. The van der Waals surface area contributed by atoms with E-state index in [4.69, 9.17) is 4.74 Å². The summed E-state index contributed by atoms with van der Waals surface area (Å²) < 4.78 is 5.40. The summed E-state index contributed by atoms with van der Waals surface area (Å²) in [5.74, 6) is 0.487. The lowest BCUT2D eigenvalue weighted by atomic mass is 9.71. The molecule has 4 heteroatoms. The molecule has 2 aromatic carbocycles. The van der Waals surface area contributed by atoms with Crippen LogP contribution in [0.15, 0.2) is 41.5 Å². The Hall–Kier alpha value is -2.46. The fraction of sp³-hybridized carbons (Fsp3) is 0.364. The fourth-order valence-corrected chi connectivity index (χ4v) is 4.35. The third-order valence-corrected chi connectivity index (χ3v) is 5.66. The number of benzene rings is 2. The van der Waals surface area contributed by atoms with Crippen LogP contribution < -0.4 is 4.74 Å². The second kappa shape index (κ2) is 6.06. The summed E-state index contributed by atoms with van der Waals surface area (Å²) in [7, 11) is 1.59. The van der Waals surface area contributed by atoms with E-state index in [1.54, 1.807) is 19.2 Å². The minimum atomic E-state index is -0.874. The normalized spacial score (nSPS) is 22.4. The van der Waals surface area contributed by atoms with Crippen LogP contribution in [0.3, 0.4) is 0 Å². The molecule has 26 heavy (non-hydrogen) atoms. The number of ketones is 2. The third kappa shape index (κ3) is 2.48. The highest BCUT2D eigenvalue weighted by molar-refractivity contribution is 6.28. The molecule has 1 atom stereocenters. The number of fused-ring (bicyclic) bond motifs is 2. The van der Waals surface area contributed by atoms with E-state index in [1.165, 1.54) is 0 Å². The Kier molecular flexibility index (Phi) is 3.96. The molecule has 0 aromatic heterocycles. The van der Waals surface area contributed by atoms with E-state index < -0.39 is 5.60 Å². The SMILES string of the molecule is CCC[C@]1(O)CCC2=C(C1)C(=O)c1cc3cccc(OC)c3cc1C2=O. The van der Waals surface area contributed by atoms with Gasteiger partial charge in [-0.2, -0.15) is 0 Å². The van der Waals surface area contributed by atoms with Crippen LogP contribution >= 0.6 is 0 Å². The first kappa shape index (κ1) is 17.0. The van der Waals surface area contributed by atoms with E-state index in [-0.39, 0.29) is 18.0 Å². The Morgan fingerprint density at radius 3 is 2.58 bits per heavy atom. The molecule has 4 rings (SSSR count). The van der Waals surface area contributed by atoms with Gasteiger partial charge < -0.3 is 9.84 Å². The van der Waals surface area contributed by atoms with E-state index >= 15 is 0 Å². The molecule has 0 heterocycles. The molecule has 0 radical (unpaired) electrons. The van der Waals surface area contributed by atoms with Gasteiger partial charge in [0.25, 0.3) is 0 Å². The molecule has 0 saturated carbocycles. The van der Waals surface area contributed by atoms with Crippen molar-refractivity contribution in [3.8, 4) is 5.75 Å². The topological polar surface area (TPSA) is 63.6 Å². The lowest BCUT2D eigenvalue weighted by Crippen LogP contribution is -2.37. The molecule has 2 aliphatic carbocycles. The van der Waals surface area contributed by atoms with Crippen LogP contribution in [0.1, 0.15) is 59.7 Å². The van der Waals surface area contributed by atoms with Crippen molar-refractivity contribution in [1.82, 2.24) is 0 Å². The van der Waals surface area contributed by atoms with Crippen LogP contribution in [-0.2, 0) is 0 Å². The molecular formula is C22H22O4. The molecule has 0 saturated heterocycles. The van der Waals surface area contributed by atoms with E-state index in [0.717, 1.165) is 17.2 Å². The van der Waals surface area contributed by atoms with E-state index in [1.807, 2.05) is 25.1 Å². The van der Waals surface area contributed by atoms with Gasteiger partial charge in [-0.1, -0.05) is 25.5 Å². The highest BCUT2D eigenvalue weighted by Crippen LogP contribution is 2.42. The van der Waals surface area contributed by atoms with Gasteiger partial charge in [0, 0.05) is 34.1 Å². The fourth-order valence-electron chi connectivity index (χ4n) is 4.35. The number of Topliss-reactive ketones (excluding diaryl/α,β-unsaturated/α-hetero) is 2. The Balaban J connectivity index is 1.86. The van der Waals surface area contributed by atoms with Crippen molar-refractivity contribution < 1.29 is 19.4 Å². The maximum atomic E-state index is 13.1. The predicted molar refractivity (Wildman–Crippen MR) is 99.9 cm³/mol. The number of carbonyl (C=O) groups is 2. The molecule has 0 aliphatic heterocycles. The van der Waals surface area contributed by atoms with Gasteiger partial charge in [-0.25, -0.2) is 0 Å². The first-order valence-electron chi connectivity index (χ1n) is 9.12. The van der Waals surface area contributed by atoms with Crippen molar-refractivity contribution in [2.75, 3.05) is 7.11 Å². The summed E-state index contributed by atoms with van der Waals surface area (Å²) in [5, 5.41) is 12.5. The molecule has 0 amide bonds. The van der Waals surface area contributed by atoms with Crippen LogP contribution in [-0.4, -0.2) is 29.4 Å². The van der Waals surface area contributed by atoms with E-state index in [9.17, 15) is 14.7 Å². The molecular weight excluding hydrogens is 328 g/mol. The molecule has 0 bridgehead atoms. The van der Waals surface area contributed by atoms with E-state index in [0.29, 0.717) is 47.3 Å². The molecule has 2 aliphatic rings. The lowest BCUT2D eigenvalue weighted by molar-refractivity contribution is 0.0165. The number of hydrogen-bond acceptors (Lipinski definition) is 4. The molecule has 0 fully saturated rings. The molecule has 134 valence electrons. The molecule has 0 unspecified atom stereocenters. The molecule has 4 nitrogen and oxygen atoms in total. The van der Waals surface area contributed by atoms with Gasteiger partial charge in [-0.3, -0.25) is 9.59 Å². The number of allylic oxidation sites excluding steroid dienone is 1. The molecule has 1 N–H and O–H groups in total. The number of hydrogen-bond donors (Lipinski definition) is 1. The number of carbonyl (C=O) groups excluding carboxylic acids is 2. The quantitative estimate of drug-likeness (QED) is 0.899. The van der Waals surface area contributed by atoms with Crippen LogP contribution in [0.2, 0.25) is 0 Å². The first-order chi connectivity index (χ1) is 12.5. The van der Waals surface area contributed by atoms with Gasteiger partial charge in [0.2, 0.25) is 0 Å². The second-order valence-corrected chi connectivity index (χ2v) is 7.35. The highest BCUT2D eigenvalue weighted by Gasteiger charge is 2.41. The highest BCUT2D eigenvalue weighted by atomic mass is 16.5.